The van der Waals surface area contributed by atoms with Crippen molar-refractivity contribution in [1.29, 1.82) is 0 Å². The van der Waals surface area contributed by atoms with Gasteiger partial charge in [-0.15, -0.1) is 0 Å². The molecule has 0 aliphatic carbocycles. The third-order valence-electron chi connectivity index (χ3n) is 8.14. The highest BCUT2D eigenvalue weighted by Crippen LogP contribution is 2.26. The summed E-state index contributed by atoms with van der Waals surface area (Å²) in [6.07, 6.45) is 5.83. The smallest absolute Gasteiger partial charge is 0.361 e. The molecule has 2 saturated heterocycles. The Morgan fingerprint density at radius 3 is 2.45 bits per heavy atom. The SMILES string of the molecule is CN1CCN(c2ccc(NC(=O)[C@H](OC(=O)c3nc(-c4cnn(C5CCNCC5)c4)cnc3N)c3ccccc3)cc2)CC1. The van der Waals surface area contributed by atoms with Crippen LogP contribution in [0.2, 0.25) is 0 Å². The van der Waals surface area contributed by atoms with E-state index in [1.807, 2.05) is 41.2 Å². The number of esters is 1. The van der Waals surface area contributed by atoms with Crippen LogP contribution in [-0.2, 0) is 9.53 Å². The monoisotopic (exact) mass is 595 g/mol. The average molecular weight is 596 g/mol. The number of carbonyl (C=O) groups excluding carboxylic acids is 2. The van der Waals surface area contributed by atoms with Crippen molar-refractivity contribution in [2.24, 2.45) is 0 Å². The number of rotatable bonds is 8. The summed E-state index contributed by atoms with van der Waals surface area (Å²) in [6, 6.07) is 16.8. The van der Waals surface area contributed by atoms with Gasteiger partial charge in [0.05, 0.1) is 24.1 Å². The summed E-state index contributed by atoms with van der Waals surface area (Å²) in [5.41, 5.74) is 9.26. The number of ether oxygens (including phenoxy) is 1. The highest BCUT2D eigenvalue weighted by Gasteiger charge is 2.28. The summed E-state index contributed by atoms with van der Waals surface area (Å²) in [6.45, 7) is 5.78. The van der Waals surface area contributed by atoms with Crippen LogP contribution in [0.3, 0.4) is 0 Å². The van der Waals surface area contributed by atoms with Crippen LogP contribution < -0.4 is 21.3 Å². The van der Waals surface area contributed by atoms with Gasteiger partial charge in [-0.05, 0) is 57.2 Å². The molecule has 1 atom stereocenters. The maximum Gasteiger partial charge on any atom is 0.361 e. The van der Waals surface area contributed by atoms with Gasteiger partial charge in [-0.2, -0.15) is 5.10 Å². The number of aromatic nitrogens is 4. The number of likely N-dealkylation sites (N-methyl/N-ethyl adjacent to an activating group) is 1. The second-order valence-corrected chi connectivity index (χ2v) is 11.2. The minimum Gasteiger partial charge on any atom is -0.442 e. The number of benzene rings is 2. The third kappa shape index (κ3) is 6.71. The Hall–Kier alpha value is -4.81. The highest BCUT2D eigenvalue weighted by atomic mass is 16.5. The standard InChI is InChI=1S/C32H37N9O3/c1-39-15-17-40(18-16-39)25-9-7-24(8-10-25)37-31(42)29(22-5-3-2-4-6-22)44-32(43)28-30(33)35-20-27(38-28)23-19-36-41(21-23)26-11-13-34-14-12-26/h2-10,19-21,26,29,34H,11-18H2,1H3,(H2,33,35)(H,37,42)/t29-/m1/s1. The summed E-state index contributed by atoms with van der Waals surface area (Å²) >= 11 is 0. The number of nitrogens with two attached hydrogens (primary N) is 1. The Morgan fingerprint density at radius 2 is 1.73 bits per heavy atom. The fourth-order valence-electron chi connectivity index (χ4n) is 5.52. The molecule has 6 rings (SSSR count). The molecular weight excluding hydrogens is 558 g/mol. The zero-order valence-corrected chi connectivity index (χ0v) is 24.7. The molecule has 0 unspecified atom stereocenters. The van der Waals surface area contributed by atoms with Crippen LogP contribution in [0.4, 0.5) is 17.2 Å². The van der Waals surface area contributed by atoms with Gasteiger partial charge < -0.3 is 30.9 Å². The molecule has 12 heteroatoms. The van der Waals surface area contributed by atoms with E-state index >= 15 is 0 Å². The lowest BCUT2D eigenvalue weighted by Gasteiger charge is -2.34. The lowest BCUT2D eigenvalue weighted by Crippen LogP contribution is -2.44. The van der Waals surface area contributed by atoms with E-state index in [1.165, 1.54) is 6.20 Å². The van der Waals surface area contributed by atoms with Crippen molar-refractivity contribution < 1.29 is 14.3 Å². The van der Waals surface area contributed by atoms with Gasteiger partial charge in [0.2, 0.25) is 6.10 Å². The molecular formula is C32H37N9O3. The molecule has 4 aromatic rings. The number of anilines is 3. The largest absolute Gasteiger partial charge is 0.442 e. The number of carbonyl (C=O) groups is 2. The Bertz CT molecular complexity index is 1580. The van der Waals surface area contributed by atoms with Crippen LogP contribution in [0.5, 0.6) is 0 Å². The van der Waals surface area contributed by atoms with E-state index in [0.717, 1.165) is 57.8 Å². The second-order valence-electron chi connectivity index (χ2n) is 11.2. The van der Waals surface area contributed by atoms with Crippen LogP contribution >= 0.6 is 0 Å². The molecule has 228 valence electrons. The Kier molecular flexibility index (Phi) is 8.80. The molecule has 2 aliphatic heterocycles. The van der Waals surface area contributed by atoms with Crippen molar-refractivity contribution in [3.8, 4) is 11.3 Å². The van der Waals surface area contributed by atoms with Crippen molar-refractivity contribution in [3.63, 3.8) is 0 Å². The number of piperidine rings is 1. The lowest BCUT2D eigenvalue weighted by atomic mass is 10.1. The first-order chi connectivity index (χ1) is 21.4. The Balaban J connectivity index is 1.18. The van der Waals surface area contributed by atoms with Crippen LogP contribution in [-0.4, -0.2) is 82.8 Å². The van der Waals surface area contributed by atoms with Gasteiger partial charge >= 0.3 is 5.97 Å². The highest BCUT2D eigenvalue weighted by molar-refractivity contribution is 5.99. The van der Waals surface area contributed by atoms with E-state index in [-0.39, 0.29) is 11.5 Å². The van der Waals surface area contributed by atoms with Gasteiger partial charge in [0, 0.05) is 54.9 Å². The van der Waals surface area contributed by atoms with E-state index in [0.29, 0.717) is 28.6 Å². The summed E-state index contributed by atoms with van der Waals surface area (Å²) in [7, 11) is 2.12. The fourth-order valence-corrected chi connectivity index (χ4v) is 5.52. The van der Waals surface area contributed by atoms with Gasteiger partial charge in [0.1, 0.15) is 0 Å². The predicted octanol–water partition coefficient (Wildman–Crippen LogP) is 3.14. The molecule has 44 heavy (non-hydrogen) atoms. The fraction of sp³-hybridized carbons (Fsp3) is 0.344. The Labute approximate surface area is 256 Å². The summed E-state index contributed by atoms with van der Waals surface area (Å²) < 4.78 is 7.71. The number of hydrogen-bond acceptors (Lipinski definition) is 10. The molecule has 12 nitrogen and oxygen atoms in total. The van der Waals surface area contributed by atoms with Crippen LogP contribution in [0.25, 0.3) is 11.3 Å². The third-order valence-corrected chi connectivity index (χ3v) is 8.14. The van der Waals surface area contributed by atoms with Gasteiger partial charge in [0.15, 0.2) is 11.5 Å². The van der Waals surface area contributed by atoms with E-state index in [9.17, 15) is 9.59 Å². The number of nitrogens with one attached hydrogen (secondary N) is 2. The van der Waals surface area contributed by atoms with Crippen LogP contribution in [0.1, 0.15) is 41.0 Å². The first-order valence-corrected chi connectivity index (χ1v) is 14.9. The molecule has 2 aromatic heterocycles. The molecule has 0 saturated carbocycles. The number of nitrogen functional groups attached to an aromatic ring is 1. The van der Waals surface area contributed by atoms with Crippen molar-refractivity contribution >= 4 is 29.1 Å². The topological polar surface area (TPSA) is 144 Å². The molecule has 2 aromatic carbocycles. The van der Waals surface area contributed by atoms with Gasteiger partial charge in [-0.1, -0.05) is 30.3 Å². The van der Waals surface area contributed by atoms with Crippen molar-refractivity contribution in [2.45, 2.75) is 25.0 Å². The van der Waals surface area contributed by atoms with E-state index < -0.39 is 18.0 Å². The number of piperazine rings is 1. The van der Waals surface area contributed by atoms with E-state index in [4.69, 9.17) is 10.5 Å². The van der Waals surface area contributed by atoms with Gasteiger partial charge in [-0.3, -0.25) is 9.48 Å². The number of nitrogens with zero attached hydrogens (tertiary/aromatic N) is 6. The lowest BCUT2D eigenvalue weighted by molar-refractivity contribution is -0.125. The second kappa shape index (κ2) is 13.2. The van der Waals surface area contributed by atoms with Crippen molar-refractivity contribution in [1.82, 2.24) is 30.0 Å². The first-order valence-electron chi connectivity index (χ1n) is 14.9. The minimum atomic E-state index is -1.24. The maximum absolute atomic E-state index is 13.5. The van der Waals surface area contributed by atoms with Crippen molar-refractivity contribution in [3.05, 3.63) is 84.4 Å². The quantitative estimate of drug-likeness (QED) is 0.260. The average Bonchev–Trinajstić information content (AvgIpc) is 3.56. The molecule has 0 radical (unpaired) electrons. The van der Waals surface area contributed by atoms with Gasteiger partial charge in [-0.25, -0.2) is 14.8 Å². The van der Waals surface area contributed by atoms with Crippen LogP contribution in [0, 0.1) is 0 Å². The zero-order chi connectivity index (χ0) is 30.5. The minimum absolute atomic E-state index is 0.0868. The van der Waals surface area contributed by atoms with Gasteiger partial charge in [0.25, 0.3) is 5.91 Å². The first kappa shape index (κ1) is 29.3. The summed E-state index contributed by atoms with van der Waals surface area (Å²) in [5, 5.41) is 10.8. The predicted molar refractivity (Wildman–Crippen MR) is 168 cm³/mol. The molecule has 0 bridgehead atoms. The molecule has 2 aliphatic rings. The maximum atomic E-state index is 13.5. The summed E-state index contributed by atoms with van der Waals surface area (Å²) in [5.74, 6) is -1.43. The molecule has 4 heterocycles. The van der Waals surface area contributed by atoms with E-state index in [2.05, 4.69) is 42.5 Å². The summed E-state index contributed by atoms with van der Waals surface area (Å²) in [4.78, 5) is 40.3. The van der Waals surface area contributed by atoms with Crippen LogP contribution in [0.15, 0.2) is 73.2 Å². The number of amides is 1. The number of hydrogen-bond donors (Lipinski definition) is 3. The normalized spacial score (nSPS) is 16.8. The molecule has 1 amide bonds. The molecule has 4 N–H and O–H groups in total. The Morgan fingerprint density at radius 1 is 1.00 bits per heavy atom. The van der Waals surface area contributed by atoms with Crippen molar-refractivity contribution in [2.75, 3.05) is 62.3 Å². The molecule has 2 fully saturated rings. The van der Waals surface area contributed by atoms with E-state index in [1.54, 1.807) is 30.5 Å². The molecule has 0 spiro atoms. The zero-order valence-electron chi connectivity index (χ0n) is 24.7.